The molecule has 0 saturated heterocycles. The van der Waals surface area contributed by atoms with E-state index < -0.39 is 6.10 Å². The van der Waals surface area contributed by atoms with E-state index in [1.54, 1.807) is 0 Å². The van der Waals surface area contributed by atoms with Gasteiger partial charge in [-0.05, 0) is 71.6 Å². The van der Waals surface area contributed by atoms with Gasteiger partial charge in [0.25, 0.3) is 0 Å². The lowest BCUT2D eigenvalue weighted by molar-refractivity contribution is -0.156. The van der Waals surface area contributed by atoms with Gasteiger partial charge in [-0.3, -0.25) is 0 Å². The molecule has 0 amide bonds. The van der Waals surface area contributed by atoms with Crippen LogP contribution in [0.1, 0.15) is 78.6 Å². The standard InChI is InChI=1S/C26H42O3/c1-4-7-8-9-10-11-12-13-14-15-16-17-18-19-20-21-22-23-24-25(28-5-2)26(27)29-6-3/h7-8,10-11,13-14,16-17,19-20,25H,4-6,9,12,15,18,21-24H2,1-3H3. The summed E-state index contributed by atoms with van der Waals surface area (Å²) in [4.78, 5) is 11.8. The first-order valence-corrected chi connectivity index (χ1v) is 11.3. The van der Waals surface area contributed by atoms with Crippen LogP contribution in [0.5, 0.6) is 0 Å². The lowest BCUT2D eigenvalue weighted by Gasteiger charge is -2.14. The van der Waals surface area contributed by atoms with Crippen LogP contribution in [0.25, 0.3) is 0 Å². The van der Waals surface area contributed by atoms with E-state index in [1.807, 2.05) is 13.8 Å². The number of carbonyl (C=O) groups is 1. The van der Waals surface area contributed by atoms with Gasteiger partial charge in [-0.25, -0.2) is 4.79 Å². The molecule has 3 heteroatoms. The van der Waals surface area contributed by atoms with E-state index in [0.717, 1.165) is 57.8 Å². The SMILES string of the molecule is CCC=CCC=CCC=CCC=CCC=CCCCCC(OCC)C(=O)OCC. The molecular weight excluding hydrogens is 360 g/mol. The first kappa shape index (κ1) is 27.1. The Kier molecular flexibility index (Phi) is 21.0. The summed E-state index contributed by atoms with van der Waals surface area (Å²) >= 11 is 0. The highest BCUT2D eigenvalue weighted by Crippen LogP contribution is 2.09. The molecule has 0 aromatic heterocycles. The van der Waals surface area contributed by atoms with E-state index >= 15 is 0 Å². The maximum absolute atomic E-state index is 11.8. The summed E-state index contributed by atoms with van der Waals surface area (Å²) in [6.45, 7) is 6.83. The molecule has 0 rings (SSSR count). The third-order valence-electron chi connectivity index (χ3n) is 4.16. The fraction of sp³-hybridized carbons (Fsp3) is 0.577. The minimum atomic E-state index is -0.409. The van der Waals surface area contributed by atoms with Crippen molar-refractivity contribution in [2.24, 2.45) is 0 Å². The summed E-state index contributed by atoms with van der Waals surface area (Å²) < 4.78 is 10.5. The summed E-state index contributed by atoms with van der Waals surface area (Å²) in [6, 6.07) is 0. The van der Waals surface area contributed by atoms with Crippen LogP contribution < -0.4 is 0 Å². The van der Waals surface area contributed by atoms with Crippen molar-refractivity contribution in [2.45, 2.75) is 84.7 Å². The summed E-state index contributed by atoms with van der Waals surface area (Å²) in [5.74, 6) is -0.232. The molecule has 0 aromatic rings. The molecule has 0 aliphatic rings. The van der Waals surface area contributed by atoms with Crippen LogP contribution in [-0.4, -0.2) is 25.3 Å². The van der Waals surface area contributed by atoms with E-state index in [4.69, 9.17) is 9.47 Å². The van der Waals surface area contributed by atoms with Gasteiger partial charge in [-0.15, -0.1) is 0 Å². The second kappa shape index (κ2) is 22.4. The van der Waals surface area contributed by atoms with Crippen molar-refractivity contribution in [2.75, 3.05) is 13.2 Å². The largest absolute Gasteiger partial charge is 0.464 e. The molecule has 0 saturated carbocycles. The van der Waals surface area contributed by atoms with E-state index in [-0.39, 0.29) is 5.97 Å². The zero-order valence-electron chi connectivity index (χ0n) is 18.9. The van der Waals surface area contributed by atoms with Crippen molar-refractivity contribution in [1.29, 1.82) is 0 Å². The maximum atomic E-state index is 11.8. The average Bonchev–Trinajstić information content (AvgIpc) is 2.72. The van der Waals surface area contributed by atoms with Crippen molar-refractivity contribution >= 4 is 5.97 Å². The van der Waals surface area contributed by atoms with Crippen molar-refractivity contribution in [1.82, 2.24) is 0 Å². The molecule has 0 bridgehead atoms. The smallest absolute Gasteiger partial charge is 0.335 e. The maximum Gasteiger partial charge on any atom is 0.335 e. The van der Waals surface area contributed by atoms with Gasteiger partial charge < -0.3 is 9.47 Å². The number of unbranched alkanes of at least 4 members (excludes halogenated alkanes) is 2. The molecule has 0 spiro atoms. The normalized spacial score (nSPS) is 13.6. The van der Waals surface area contributed by atoms with Crippen molar-refractivity contribution in [3.8, 4) is 0 Å². The highest BCUT2D eigenvalue weighted by atomic mass is 16.6. The number of hydrogen-bond donors (Lipinski definition) is 0. The number of esters is 1. The van der Waals surface area contributed by atoms with Crippen LogP contribution in [0, 0.1) is 0 Å². The van der Waals surface area contributed by atoms with E-state index in [2.05, 4.69) is 67.7 Å². The molecule has 0 fully saturated rings. The highest BCUT2D eigenvalue weighted by Gasteiger charge is 2.18. The predicted molar refractivity (Wildman–Crippen MR) is 125 cm³/mol. The minimum absolute atomic E-state index is 0.232. The second-order valence-corrected chi connectivity index (χ2v) is 6.69. The van der Waals surface area contributed by atoms with Crippen LogP contribution in [0.4, 0.5) is 0 Å². The molecule has 0 aliphatic heterocycles. The Morgan fingerprint density at radius 3 is 1.69 bits per heavy atom. The van der Waals surface area contributed by atoms with E-state index in [1.165, 1.54) is 0 Å². The van der Waals surface area contributed by atoms with Crippen molar-refractivity contribution in [3.63, 3.8) is 0 Å². The number of allylic oxidation sites excluding steroid dienone is 10. The summed E-state index contributed by atoms with van der Waals surface area (Å²) in [5, 5.41) is 0. The lowest BCUT2D eigenvalue weighted by atomic mass is 10.1. The summed E-state index contributed by atoms with van der Waals surface area (Å²) in [5.41, 5.74) is 0. The van der Waals surface area contributed by atoms with Crippen molar-refractivity contribution < 1.29 is 14.3 Å². The molecule has 0 radical (unpaired) electrons. The quantitative estimate of drug-likeness (QED) is 0.137. The highest BCUT2D eigenvalue weighted by molar-refractivity contribution is 5.74. The predicted octanol–water partition coefficient (Wildman–Crippen LogP) is 7.27. The molecule has 1 atom stereocenters. The Morgan fingerprint density at radius 1 is 0.690 bits per heavy atom. The van der Waals surface area contributed by atoms with E-state index in [0.29, 0.717) is 13.2 Å². The van der Waals surface area contributed by atoms with Crippen LogP contribution >= 0.6 is 0 Å². The van der Waals surface area contributed by atoms with Gasteiger partial charge in [0.05, 0.1) is 6.61 Å². The average molecular weight is 403 g/mol. The zero-order chi connectivity index (χ0) is 21.4. The van der Waals surface area contributed by atoms with Crippen LogP contribution in [0.15, 0.2) is 60.8 Å². The molecule has 164 valence electrons. The Labute approximate surface area is 179 Å². The topological polar surface area (TPSA) is 35.5 Å². The Morgan fingerprint density at radius 2 is 1.21 bits per heavy atom. The minimum Gasteiger partial charge on any atom is -0.464 e. The number of ether oxygens (including phenoxy) is 2. The molecule has 0 heterocycles. The number of hydrogen-bond acceptors (Lipinski definition) is 3. The third kappa shape index (κ3) is 19.2. The Bertz CT molecular complexity index is 512. The van der Waals surface area contributed by atoms with Gasteiger partial charge in [0.15, 0.2) is 6.10 Å². The fourth-order valence-corrected chi connectivity index (χ4v) is 2.67. The van der Waals surface area contributed by atoms with Gasteiger partial charge >= 0.3 is 5.97 Å². The van der Waals surface area contributed by atoms with Gasteiger partial charge in [0.1, 0.15) is 0 Å². The van der Waals surface area contributed by atoms with E-state index in [9.17, 15) is 4.79 Å². The zero-order valence-corrected chi connectivity index (χ0v) is 18.9. The molecule has 0 aromatic carbocycles. The first-order valence-electron chi connectivity index (χ1n) is 11.3. The fourth-order valence-electron chi connectivity index (χ4n) is 2.67. The molecule has 0 aliphatic carbocycles. The monoisotopic (exact) mass is 402 g/mol. The second-order valence-electron chi connectivity index (χ2n) is 6.69. The van der Waals surface area contributed by atoms with Crippen LogP contribution in [-0.2, 0) is 14.3 Å². The van der Waals surface area contributed by atoms with Gasteiger partial charge in [-0.2, -0.15) is 0 Å². The number of carbonyl (C=O) groups excluding carboxylic acids is 1. The lowest BCUT2D eigenvalue weighted by Crippen LogP contribution is -2.26. The molecule has 3 nitrogen and oxygen atoms in total. The molecule has 0 N–H and O–H groups in total. The molecular formula is C26H42O3. The van der Waals surface area contributed by atoms with Crippen LogP contribution in [0.3, 0.4) is 0 Å². The van der Waals surface area contributed by atoms with Crippen molar-refractivity contribution in [3.05, 3.63) is 60.8 Å². The van der Waals surface area contributed by atoms with Gasteiger partial charge in [-0.1, -0.05) is 67.7 Å². The van der Waals surface area contributed by atoms with Crippen LogP contribution in [0.2, 0.25) is 0 Å². The summed E-state index contributed by atoms with van der Waals surface area (Å²) in [7, 11) is 0. The Hall–Kier alpha value is -1.87. The van der Waals surface area contributed by atoms with Gasteiger partial charge in [0.2, 0.25) is 0 Å². The Balaban J connectivity index is 3.69. The third-order valence-corrected chi connectivity index (χ3v) is 4.16. The summed E-state index contributed by atoms with van der Waals surface area (Å²) in [6.07, 6.45) is 30.6. The first-order chi connectivity index (χ1) is 14.3. The molecule has 29 heavy (non-hydrogen) atoms. The molecule has 1 unspecified atom stereocenters. The number of rotatable bonds is 18. The van der Waals surface area contributed by atoms with Gasteiger partial charge in [0, 0.05) is 6.61 Å².